The van der Waals surface area contributed by atoms with E-state index in [9.17, 15) is 4.39 Å². The first-order valence-corrected chi connectivity index (χ1v) is 5.95. The molecule has 0 aromatic heterocycles. The fourth-order valence-corrected chi connectivity index (χ4v) is 3.69. The Bertz CT molecular complexity index is 405. The highest BCUT2D eigenvalue weighted by Gasteiger charge is 2.65. The number of fused-ring (bicyclic) bond motifs is 1. The van der Waals surface area contributed by atoms with Gasteiger partial charge in [-0.15, -0.1) is 12.4 Å². The van der Waals surface area contributed by atoms with Crippen LogP contribution in [0.3, 0.4) is 0 Å². The largest absolute Gasteiger partial charge is 0.399 e. The number of halogens is 2. The van der Waals surface area contributed by atoms with Crippen molar-refractivity contribution in [2.24, 2.45) is 11.8 Å². The lowest BCUT2D eigenvalue weighted by Gasteiger charge is -2.20. The molecular formula is C13H18ClFN2. The van der Waals surface area contributed by atoms with Gasteiger partial charge in [0.2, 0.25) is 0 Å². The summed E-state index contributed by atoms with van der Waals surface area (Å²) in [6.07, 6.45) is 1.08. The van der Waals surface area contributed by atoms with Crippen LogP contribution in [0.25, 0.3) is 0 Å². The van der Waals surface area contributed by atoms with Crippen LogP contribution in [-0.2, 0) is 5.41 Å². The minimum Gasteiger partial charge on any atom is -0.399 e. The molecule has 1 saturated carbocycles. The van der Waals surface area contributed by atoms with E-state index in [1.807, 2.05) is 6.07 Å². The molecule has 0 bridgehead atoms. The van der Waals surface area contributed by atoms with Crippen LogP contribution >= 0.6 is 12.4 Å². The molecule has 3 rings (SSSR count). The van der Waals surface area contributed by atoms with Gasteiger partial charge in [0, 0.05) is 11.1 Å². The average Bonchev–Trinajstić information content (AvgIpc) is 2.62. The molecule has 0 spiro atoms. The van der Waals surface area contributed by atoms with Crippen molar-refractivity contribution in [2.45, 2.75) is 18.8 Å². The van der Waals surface area contributed by atoms with E-state index < -0.39 is 0 Å². The van der Waals surface area contributed by atoms with Gasteiger partial charge < -0.3 is 11.1 Å². The highest BCUT2D eigenvalue weighted by Crippen LogP contribution is 2.63. The smallest absolute Gasteiger partial charge is 0.125 e. The lowest BCUT2D eigenvalue weighted by Crippen LogP contribution is -2.25. The quantitative estimate of drug-likeness (QED) is 0.797. The first-order valence-electron chi connectivity index (χ1n) is 5.95. The van der Waals surface area contributed by atoms with Crippen LogP contribution < -0.4 is 11.1 Å². The zero-order chi connectivity index (χ0) is 11.3. The van der Waals surface area contributed by atoms with Gasteiger partial charge in [-0.1, -0.05) is 6.92 Å². The molecule has 1 aromatic carbocycles. The van der Waals surface area contributed by atoms with Crippen LogP contribution in [-0.4, -0.2) is 13.1 Å². The van der Waals surface area contributed by atoms with Crippen LogP contribution in [0.5, 0.6) is 0 Å². The van der Waals surface area contributed by atoms with Crippen molar-refractivity contribution in [1.82, 2.24) is 5.32 Å². The Kier molecular flexibility index (Phi) is 3.08. The molecule has 0 amide bonds. The summed E-state index contributed by atoms with van der Waals surface area (Å²) >= 11 is 0. The van der Waals surface area contributed by atoms with Crippen molar-refractivity contribution < 1.29 is 4.39 Å². The van der Waals surface area contributed by atoms with Crippen LogP contribution in [0.4, 0.5) is 10.1 Å². The number of nitrogens with one attached hydrogen (secondary N) is 1. The summed E-state index contributed by atoms with van der Waals surface area (Å²) in [5.74, 6) is 1.15. The molecule has 3 atom stereocenters. The number of nitrogen functional groups attached to an aromatic ring is 1. The number of hydrogen-bond acceptors (Lipinski definition) is 2. The Morgan fingerprint density at radius 1 is 1.35 bits per heavy atom. The van der Waals surface area contributed by atoms with Gasteiger partial charge in [0.1, 0.15) is 5.82 Å². The van der Waals surface area contributed by atoms with E-state index in [1.165, 1.54) is 6.07 Å². The fourth-order valence-electron chi connectivity index (χ4n) is 3.69. The minimum atomic E-state index is -0.208. The monoisotopic (exact) mass is 256 g/mol. The second-order valence-electron chi connectivity index (χ2n) is 5.04. The summed E-state index contributed by atoms with van der Waals surface area (Å²) < 4.78 is 13.4. The molecule has 1 aromatic rings. The molecule has 0 unspecified atom stereocenters. The summed E-state index contributed by atoms with van der Waals surface area (Å²) in [6, 6.07) is 5.01. The van der Waals surface area contributed by atoms with Crippen molar-refractivity contribution in [2.75, 3.05) is 18.8 Å². The molecule has 17 heavy (non-hydrogen) atoms. The van der Waals surface area contributed by atoms with Gasteiger partial charge in [-0.2, -0.15) is 0 Å². The average molecular weight is 257 g/mol. The predicted octanol–water partition coefficient (Wildman–Crippen LogP) is 2.33. The number of anilines is 1. The van der Waals surface area contributed by atoms with E-state index in [0.29, 0.717) is 17.5 Å². The zero-order valence-corrected chi connectivity index (χ0v) is 10.7. The van der Waals surface area contributed by atoms with Crippen LogP contribution in [0.2, 0.25) is 0 Å². The second kappa shape index (κ2) is 4.14. The lowest BCUT2D eigenvalue weighted by atomic mass is 9.87. The SMILES string of the molecule is CC[C@]1(c2cc(N)cc(F)c2)[C@@H]2CNC[C@@H]21.Cl. The van der Waals surface area contributed by atoms with Crippen molar-refractivity contribution in [1.29, 1.82) is 0 Å². The van der Waals surface area contributed by atoms with Crippen LogP contribution in [0.1, 0.15) is 18.9 Å². The first-order chi connectivity index (χ1) is 7.68. The first kappa shape index (κ1) is 12.7. The van der Waals surface area contributed by atoms with E-state index in [4.69, 9.17) is 5.73 Å². The van der Waals surface area contributed by atoms with Gasteiger partial charge in [-0.05, 0) is 55.1 Å². The molecule has 1 aliphatic heterocycles. The van der Waals surface area contributed by atoms with E-state index in [-0.39, 0.29) is 23.6 Å². The predicted molar refractivity (Wildman–Crippen MR) is 69.9 cm³/mol. The molecule has 0 radical (unpaired) electrons. The van der Waals surface area contributed by atoms with Crippen LogP contribution in [0, 0.1) is 17.7 Å². The minimum absolute atomic E-state index is 0. The molecule has 4 heteroatoms. The summed E-state index contributed by atoms with van der Waals surface area (Å²) in [5, 5.41) is 3.38. The molecule has 3 N–H and O–H groups in total. The highest BCUT2D eigenvalue weighted by molar-refractivity contribution is 5.85. The Labute approximate surface area is 107 Å². The summed E-state index contributed by atoms with van der Waals surface area (Å²) in [7, 11) is 0. The molecule has 1 aliphatic carbocycles. The number of piperidine rings is 1. The van der Waals surface area contributed by atoms with Crippen LogP contribution in [0.15, 0.2) is 18.2 Å². The van der Waals surface area contributed by atoms with E-state index >= 15 is 0 Å². The maximum absolute atomic E-state index is 13.4. The molecule has 1 heterocycles. The zero-order valence-electron chi connectivity index (χ0n) is 9.87. The topological polar surface area (TPSA) is 38.0 Å². The summed E-state index contributed by atoms with van der Waals surface area (Å²) in [6.45, 7) is 4.32. The van der Waals surface area contributed by atoms with E-state index in [2.05, 4.69) is 12.2 Å². The standard InChI is InChI=1S/C13H17FN2.ClH/c1-2-13(11-6-16-7-12(11)13)8-3-9(14)5-10(15)4-8;/h3-5,11-12,16H,2,6-7,15H2,1H3;1H/t11-,12+,13+;. The third kappa shape index (κ3) is 1.64. The highest BCUT2D eigenvalue weighted by atomic mass is 35.5. The molecule has 94 valence electrons. The van der Waals surface area contributed by atoms with Gasteiger partial charge in [-0.25, -0.2) is 4.39 Å². The fraction of sp³-hybridized carbons (Fsp3) is 0.538. The van der Waals surface area contributed by atoms with Crippen molar-refractivity contribution in [3.63, 3.8) is 0 Å². The Hall–Kier alpha value is -0.800. The van der Waals surface area contributed by atoms with Gasteiger partial charge in [0.05, 0.1) is 0 Å². The Morgan fingerprint density at radius 2 is 2.00 bits per heavy atom. The van der Waals surface area contributed by atoms with Gasteiger partial charge in [-0.3, -0.25) is 0 Å². The summed E-state index contributed by atoms with van der Waals surface area (Å²) in [4.78, 5) is 0. The van der Waals surface area contributed by atoms with E-state index in [1.54, 1.807) is 6.07 Å². The number of benzene rings is 1. The molecule has 2 nitrogen and oxygen atoms in total. The second-order valence-corrected chi connectivity index (χ2v) is 5.04. The molecule has 2 aliphatic rings. The maximum atomic E-state index is 13.4. The van der Waals surface area contributed by atoms with Gasteiger partial charge in [0.25, 0.3) is 0 Å². The number of hydrogen-bond donors (Lipinski definition) is 2. The molecular weight excluding hydrogens is 239 g/mol. The number of rotatable bonds is 2. The Balaban J connectivity index is 0.00000108. The van der Waals surface area contributed by atoms with Crippen molar-refractivity contribution in [3.05, 3.63) is 29.6 Å². The van der Waals surface area contributed by atoms with Crippen molar-refractivity contribution in [3.8, 4) is 0 Å². The third-order valence-electron chi connectivity index (χ3n) is 4.47. The van der Waals surface area contributed by atoms with E-state index in [0.717, 1.165) is 25.1 Å². The lowest BCUT2D eigenvalue weighted by molar-refractivity contribution is 0.498. The molecule has 2 fully saturated rings. The maximum Gasteiger partial charge on any atom is 0.125 e. The van der Waals surface area contributed by atoms with Gasteiger partial charge in [0.15, 0.2) is 0 Å². The Morgan fingerprint density at radius 3 is 2.53 bits per heavy atom. The number of nitrogens with two attached hydrogens (primary N) is 1. The molecule has 1 saturated heterocycles. The van der Waals surface area contributed by atoms with Crippen molar-refractivity contribution >= 4 is 18.1 Å². The third-order valence-corrected chi connectivity index (χ3v) is 4.47. The summed E-state index contributed by atoms with van der Waals surface area (Å²) in [5.41, 5.74) is 7.57. The normalized spacial score (nSPS) is 34.0. The van der Waals surface area contributed by atoms with Gasteiger partial charge >= 0.3 is 0 Å².